The fraction of sp³-hybridized carbons (Fsp3) is 0.625. The first-order valence-corrected chi connectivity index (χ1v) is 11.0. The van der Waals surface area contributed by atoms with Gasteiger partial charge in [-0.1, -0.05) is 25.6 Å². The van der Waals surface area contributed by atoms with Crippen molar-refractivity contribution in [3.05, 3.63) is 29.6 Å². The molecule has 1 fully saturated rings. The van der Waals surface area contributed by atoms with Crippen molar-refractivity contribution < 1.29 is 9.13 Å². The SMILES string of the molecule is COc1ccc(C[Si](C)(C)CN2CCCCC2)c(F)c1. The molecule has 0 aromatic heterocycles. The number of benzene rings is 1. The summed E-state index contributed by atoms with van der Waals surface area (Å²) in [6.45, 7) is 7.18. The zero-order valence-corrected chi connectivity index (χ0v) is 13.9. The zero-order valence-electron chi connectivity index (χ0n) is 12.9. The number of likely N-dealkylation sites (tertiary alicyclic amines) is 1. The summed E-state index contributed by atoms with van der Waals surface area (Å²) in [6.07, 6.45) is 5.19. The van der Waals surface area contributed by atoms with Gasteiger partial charge in [0.1, 0.15) is 11.6 Å². The monoisotopic (exact) mass is 295 g/mol. The van der Waals surface area contributed by atoms with Crippen LogP contribution in [-0.2, 0) is 6.04 Å². The van der Waals surface area contributed by atoms with E-state index in [0.29, 0.717) is 5.75 Å². The lowest BCUT2D eigenvalue weighted by Gasteiger charge is -2.34. The molecular weight excluding hydrogens is 269 g/mol. The van der Waals surface area contributed by atoms with Gasteiger partial charge in [-0.05, 0) is 49.8 Å². The maximum atomic E-state index is 14.1. The largest absolute Gasteiger partial charge is 0.497 e. The fourth-order valence-electron chi connectivity index (χ4n) is 3.09. The molecule has 1 heterocycles. The van der Waals surface area contributed by atoms with Crippen molar-refractivity contribution in [2.75, 3.05) is 26.4 Å². The number of piperidine rings is 1. The molecule has 2 rings (SSSR count). The molecule has 1 aliphatic heterocycles. The van der Waals surface area contributed by atoms with Crippen LogP contribution in [0.15, 0.2) is 18.2 Å². The molecule has 112 valence electrons. The smallest absolute Gasteiger partial charge is 0.129 e. The molecular formula is C16H26FNOSi. The van der Waals surface area contributed by atoms with Crippen LogP contribution in [0.25, 0.3) is 0 Å². The minimum atomic E-state index is -1.45. The van der Waals surface area contributed by atoms with Gasteiger partial charge in [0.25, 0.3) is 0 Å². The van der Waals surface area contributed by atoms with E-state index in [-0.39, 0.29) is 5.82 Å². The summed E-state index contributed by atoms with van der Waals surface area (Å²) in [5.41, 5.74) is 0.847. The van der Waals surface area contributed by atoms with Crippen LogP contribution in [0.1, 0.15) is 24.8 Å². The highest BCUT2D eigenvalue weighted by Gasteiger charge is 2.26. The van der Waals surface area contributed by atoms with Gasteiger partial charge in [0.2, 0.25) is 0 Å². The van der Waals surface area contributed by atoms with Crippen LogP contribution in [0.2, 0.25) is 13.1 Å². The second-order valence-corrected chi connectivity index (χ2v) is 11.6. The minimum absolute atomic E-state index is 0.122. The highest BCUT2D eigenvalue weighted by Crippen LogP contribution is 2.21. The lowest BCUT2D eigenvalue weighted by Crippen LogP contribution is -2.46. The number of halogens is 1. The summed E-state index contributed by atoms with van der Waals surface area (Å²) < 4.78 is 19.1. The highest BCUT2D eigenvalue weighted by atomic mass is 28.3. The molecule has 1 aliphatic rings. The van der Waals surface area contributed by atoms with Crippen LogP contribution in [0.3, 0.4) is 0 Å². The zero-order chi connectivity index (χ0) is 14.6. The Balaban J connectivity index is 1.99. The Morgan fingerprint density at radius 3 is 2.50 bits per heavy atom. The third-order valence-corrected chi connectivity index (χ3v) is 6.67. The number of rotatable bonds is 5. The molecule has 1 aromatic rings. The van der Waals surface area contributed by atoms with Crippen molar-refractivity contribution in [2.45, 2.75) is 38.4 Å². The lowest BCUT2D eigenvalue weighted by atomic mass is 10.1. The van der Waals surface area contributed by atoms with Crippen molar-refractivity contribution in [2.24, 2.45) is 0 Å². The Hall–Kier alpha value is -0.873. The van der Waals surface area contributed by atoms with Gasteiger partial charge >= 0.3 is 0 Å². The third-order valence-electron chi connectivity index (χ3n) is 4.03. The third kappa shape index (κ3) is 4.32. The Morgan fingerprint density at radius 2 is 1.90 bits per heavy atom. The molecule has 0 N–H and O–H groups in total. The van der Waals surface area contributed by atoms with Gasteiger partial charge in [0.05, 0.1) is 15.2 Å². The van der Waals surface area contributed by atoms with Gasteiger partial charge in [0, 0.05) is 6.07 Å². The van der Waals surface area contributed by atoms with Crippen molar-refractivity contribution in [1.82, 2.24) is 4.90 Å². The lowest BCUT2D eigenvalue weighted by molar-refractivity contribution is 0.258. The van der Waals surface area contributed by atoms with Gasteiger partial charge in [-0.25, -0.2) is 4.39 Å². The van der Waals surface area contributed by atoms with E-state index in [0.717, 1.165) is 11.6 Å². The number of nitrogens with zero attached hydrogens (tertiary/aromatic N) is 1. The van der Waals surface area contributed by atoms with E-state index in [9.17, 15) is 4.39 Å². The summed E-state index contributed by atoms with van der Waals surface area (Å²) >= 11 is 0. The molecule has 1 aromatic carbocycles. The van der Waals surface area contributed by atoms with Crippen LogP contribution in [-0.4, -0.2) is 39.3 Å². The molecule has 20 heavy (non-hydrogen) atoms. The van der Waals surface area contributed by atoms with E-state index in [1.165, 1.54) is 44.6 Å². The second kappa shape index (κ2) is 6.72. The van der Waals surface area contributed by atoms with Gasteiger partial charge in [-0.3, -0.25) is 0 Å². The molecule has 0 radical (unpaired) electrons. The van der Waals surface area contributed by atoms with Crippen molar-refractivity contribution in [1.29, 1.82) is 0 Å². The van der Waals surface area contributed by atoms with Crippen LogP contribution in [0.5, 0.6) is 5.75 Å². The second-order valence-electron chi connectivity index (χ2n) is 6.64. The molecule has 4 heteroatoms. The van der Waals surface area contributed by atoms with E-state index in [4.69, 9.17) is 4.74 Å². The van der Waals surface area contributed by atoms with E-state index >= 15 is 0 Å². The number of methoxy groups -OCH3 is 1. The summed E-state index contributed by atoms with van der Waals surface area (Å²) in [4.78, 5) is 2.58. The molecule has 0 atom stereocenters. The van der Waals surface area contributed by atoms with Crippen molar-refractivity contribution in [3.8, 4) is 5.75 Å². The van der Waals surface area contributed by atoms with Gasteiger partial charge in [0.15, 0.2) is 0 Å². The first kappa shape index (κ1) is 15.5. The Kier molecular flexibility index (Phi) is 5.21. The number of ether oxygens (including phenoxy) is 1. The predicted octanol–water partition coefficient (Wildman–Crippen LogP) is 3.65. The predicted molar refractivity (Wildman–Crippen MR) is 84.4 cm³/mol. The Bertz CT molecular complexity index is 444. The van der Waals surface area contributed by atoms with E-state index in [1.54, 1.807) is 7.11 Å². The molecule has 2 nitrogen and oxygen atoms in total. The van der Waals surface area contributed by atoms with E-state index < -0.39 is 8.07 Å². The van der Waals surface area contributed by atoms with E-state index in [1.807, 2.05) is 12.1 Å². The first-order valence-electron chi connectivity index (χ1n) is 7.55. The summed E-state index contributed by atoms with van der Waals surface area (Å²) in [5, 5.41) is 0. The number of hydrogen-bond acceptors (Lipinski definition) is 2. The van der Waals surface area contributed by atoms with E-state index in [2.05, 4.69) is 18.0 Å². The topological polar surface area (TPSA) is 12.5 Å². The average molecular weight is 295 g/mol. The Labute approximate surface area is 122 Å². The molecule has 0 unspecified atom stereocenters. The maximum Gasteiger partial charge on any atom is 0.129 e. The van der Waals surface area contributed by atoms with Crippen LogP contribution in [0, 0.1) is 5.82 Å². The molecule has 1 saturated heterocycles. The molecule has 0 spiro atoms. The standard InChI is InChI=1S/C16H26FNOSi/c1-19-15-8-7-14(16(17)11-15)12-20(2,3)13-18-9-5-4-6-10-18/h7-8,11H,4-6,9-10,12-13H2,1-3H3. The summed E-state index contributed by atoms with van der Waals surface area (Å²) in [6, 6.07) is 6.16. The average Bonchev–Trinajstić information content (AvgIpc) is 2.41. The summed E-state index contributed by atoms with van der Waals surface area (Å²) in [7, 11) is 0.128. The quantitative estimate of drug-likeness (QED) is 0.769. The molecule has 0 amide bonds. The van der Waals surface area contributed by atoms with Gasteiger partial charge in [-0.2, -0.15) is 0 Å². The molecule has 0 bridgehead atoms. The molecule has 0 saturated carbocycles. The molecule has 0 aliphatic carbocycles. The first-order chi connectivity index (χ1) is 9.50. The van der Waals surface area contributed by atoms with Gasteiger partial charge < -0.3 is 9.64 Å². The van der Waals surface area contributed by atoms with Crippen LogP contribution in [0.4, 0.5) is 4.39 Å². The van der Waals surface area contributed by atoms with Crippen LogP contribution < -0.4 is 4.74 Å². The minimum Gasteiger partial charge on any atom is -0.497 e. The maximum absolute atomic E-state index is 14.1. The fourth-order valence-corrected chi connectivity index (χ4v) is 6.05. The van der Waals surface area contributed by atoms with Gasteiger partial charge in [-0.15, -0.1) is 0 Å². The van der Waals surface area contributed by atoms with Crippen LogP contribution >= 0.6 is 0 Å². The number of hydrogen-bond donors (Lipinski definition) is 0. The Morgan fingerprint density at radius 1 is 1.20 bits per heavy atom. The summed E-state index contributed by atoms with van der Waals surface area (Å²) in [5.74, 6) is 0.477. The van der Waals surface area contributed by atoms with Crippen molar-refractivity contribution in [3.63, 3.8) is 0 Å². The normalized spacial score (nSPS) is 17.2. The highest BCUT2D eigenvalue weighted by molar-refractivity contribution is 6.77. The van der Waals surface area contributed by atoms with Crippen molar-refractivity contribution >= 4 is 8.07 Å².